The molecule has 2 heterocycles. The fourth-order valence-corrected chi connectivity index (χ4v) is 5.62. The van der Waals surface area contributed by atoms with Gasteiger partial charge in [0.25, 0.3) is 5.91 Å². The highest BCUT2D eigenvalue weighted by Crippen LogP contribution is 2.45. The van der Waals surface area contributed by atoms with Gasteiger partial charge in [-0.2, -0.15) is 0 Å². The number of nitrogens with zero attached hydrogens (tertiary/aromatic N) is 1. The van der Waals surface area contributed by atoms with E-state index in [-0.39, 0.29) is 25.7 Å². The molecule has 10 nitrogen and oxygen atoms in total. The summed E-state index contributed by atoms with van der Waals surface area (Å²) >= 11 is 0. The number of benzene rings is 3. The summed E-state index contributed by atoms with van der Waals surface area (Å²) in [4.78, 5) is 27.5. The Morgan fingerprint density at radius 2 is 1.80 bits per heavy atom. The summed E-state index contributed by atoms with van der Waals surface area (Å²) in [6, 6.07) is 13.7. The number of amides is 1. The van der Waals surface area contributed by atoms with Crippen LogP contribution in [0.3, 0.4) is 0 Å². The molecule has 1 saturated heterocycles. The molecule has 2 atom stereocenters. The van der Waals surface area contributed by atoms with E-state index < -0.39 is 35.3 Å². The summed E-state index contributed by atoms with van der Waals surface area (Å²) in [5.41, 5.74) is 3.62. The zero-order valence-corrected chi connectivity index (χ0v) is 27.5. The van der Waals surface area contributed by atoms with Crippen molar-refractivity contribution < 1.29 is 42.4 Å². The van der Waals surface area contributed by atoms with Crippen molar-refractivity contribution in [2.24, 2.45) is 0 Å². The quantitative estimate of drug-likeness (QED) is 0.268. The highest BCUT2D eigenvalue weighted by Gasteiger charge is 2.40. The third-order valence-corrected chi connectivity index (χ3v) is 7.96. The Morgan fingerprint density at radius 3 is 2.50 bits per heavy atom. The van der Waals surface area contributed by atoms with Crippen LogP contribution >= 0.6 is 0 Å². The average Bonchev–Trinajstić information content (AvgIpc) is 3.38. The average molecular weight is 637 g/mol. The first-order chi connectivity index (χ1) is 21.7. The van der Waals surface area contributed by atoms with Gasteiger partial charge in [0, 0.05) is 30.3 Å². The molecule has 2 unspecified atom stereocenters. The normalized spacial score (nSPS) is 18.8. The number of carbonyl (C=O) groups excluding carboxylic acids is 2. The van der Waals surface area contributed by atoms with Crippen LogP contribution in [0.5, 0.6) is 17.2 Å². The zero-order valence-electron chi connectivity index (χ0n) is 27.5. The largest absolute Gasteiger partial charge is 0.496 e. The second-order valence-corrected chi connectivity index (χ2v) is 12.5. The van der Waals surface area contributed by atoms with Crippen molar-refractivity contribution in [2.45, 2.75) is 71.7 Å². The summed E-state index contributed by atoms with van der Waals surface area (Å²) in [7, 11) is 3.29. The Balaban J connectivity index is 1.41. The SMILES string of the molecule is COc1cc(OCC(C)OC(=O)C2COC(C)(C)O2)ccc1-c1ccc2c(c1COc1cc(F)ccc1C)N(C)C(=O)C(C)(C)N2. The third kappa shape index (κ3) is 6.90. The van der Waals surface area contributed by atoms with Crippen molar-refractivity contribution in [1.82, 2.24) is 0 Å². The lowest BCUT2D eigenvalue weighted by Crippen LogP contribution is -2.52. The summed E-state index contributed by atoms with van der Waals surface area (Å²) in [6.07, 6.45) is -1.34. The maximum atomic E-state index is 14.1. The number of esters is 1. The Bertz CT molecular complexity index is 1640. The smallest absolute Gasteiger partial charge is 0.338 e. The number of carbonyl (C=O) groups is 2. The molecule has 0 saturated carbocycles. The molecule has 5 rings (SSSR count). The van der Waals surface area contributed by atoms with Crippen LogP contribution in [0.4, 0.5) is 15.8 Å². The molecule has 11 heteroatoms. The van der Waals surface area contributed by atoms with Crippen molar-refractivity contribution in [2.75, 3.05) is 37.6 Å². The van der Waals surface area contributed by atoms with Crippen LogP contribution in [-0.2, 0) is 30.4 Å². The molecule has 246 valence electrons. The maximum Gasteiger partial charge on any atom is 0.338 e. The number of anilines is 2. The van der Waals surface area contributed by atoms with Crippen molar-refractivity contribution in [3.8, 4) is 28.4 Å². The lowest BCUT2D eigenvalue weighted by molar-refractivity contribution is -0.174. The third-order valence-electron chi connectivity index (χ3n) is 7.96. The molecule has 1 fully saturated rings. The number of hydrogen-bond acceptors (Lipinski definition) is 9. The Morgan fingerprint density at radius 1 is 1.07 bits per heavy atom. The second kappa shape index (κ2) is 12.8. The summed E-state index contributed by atoms with van der Waals surface area (Å²) < 4.78 is 48.6. The molecule has 0 radical (unpaired) electrons. The molecule has 1 amide bonds. The fraction of sp³-hybridized carbons (Fsp3) is 0.429. The van der Waals surface area contributed by atoms with Gasteiger partial charge in [-0.25, -0.2) is 9.18 Å². The van der Waals surface area contributed by atoms with Gasteiger partial charge in [-0.1, -0.05) is 12.1 Å². The topological polar surface area (TPSA) is 105 Å². The van der Waals surface area contributed by atoms with Crippen LogP contribution in [0.25, 0.3) is 11.1 Å². The van der Waals surface area contributed by atoms with Gasteiger partial charge < -0.3 is 38.6 Å². The zero-order chi connectivity index (χ0) is 33.4. The maximum absolute atomic E-state index is 14.1. The summed E-state index contributed by atoms with van der Waals surface area (Å²) in [5.74, 6) is -0.426. The van der Waals surface area contributed by atoms with E-state index >= 15 is 0 Å². The van der Waals surface area contributed by atoms with E-state index in [0.29, 0.717) is 28.5 Å². The molecule has 2 aliphatic heterocycles. The van der Waals surface area contributed by atoms with Gasteiger partial charge >= 0.3 is 5.97 Å². The monoisotopic (exact) mass is 636 g/mol. The lowest BCUT2D eigenvalue weighted by Gasteiger charge is -2.39. The standard InChI is InChI=1S/C35H41FN2O8/c1-20-9-10-22(36)15-28(20)43-18-26-24(13-14-27-31(26)38(7)33(40)34(3,4)37-27)25-12-11-23(16-29(25)41-8)42-17-21(2)45-32(39)30-19-44-35(5,6)46-30/h9-16,21,30,37H,17-19H2,1-8H3. The minimum atomic E-state index is -0.831. The van der Waals surface area contributed by atoms with Crippen LogP contribution in [0.2, 0.25) is 0 Å². The van der Waals surface area contributed by atoms with Crippen molar-refractivity contribution in [3.63, 3.8) is 0 Å². The Kier molecular flexibility index (Phi) is 9.19. The number of halogens is 1. The number of hydrogen-bond donors (Lipinski definition) is 1. The Hall–Kier alpha value is -4.35. The van der Waals surface area contributed by atoms with Gasteiger partial charge in [-0.3, -0.25) is 4.79 Å². The number of nitrogens with one attached hydrogen (secondary N) is 1. The van der Waals surface area contributed by atoms with Crippen LogP contribution < -0.4 is 24.4 Å². The van der Waals surface area contributed by atoms with E-state index in [4.69, 9.17) is 28.4 Å². The van der Waals surface area contributed by atoms with Gasteiger partial charge in [0.1, 0.15) is 47.9 Å². The predicted molar refractivity (Wildman–Crippen MR) is 171 cm³/mol. The number of methoxy groups -OCH3 is 1. The molecular formula is C35H41FN2O8. The number of fused-ring (bicyclic) bond motifs is 1. The summed E-state index contributed by atoms with van der Waals surface area (Å²) in [5, 5.41) is 3.35. The molecule has 0 aromatic heterocycles. The first-order valence-corrected chi connectivity index (χ1v) is 15.1. The molecule has 46 heavy (non-hydrogen) atoms. The minimum Gasteiger partial charge on any atom is -0.496 e. The van der Waals surface area contributed by atoms with Gasteiger partial charge in [0.2, 0.25) is 0 Å². The summed E-state index contributed by atoms with van der Waals surface area (Å²) in [6.45, 7) is 11.0. The van der Waals surface area contributed by atoms with Gasteiger partial charge in [-0.15, -0.1) is 0 Å². The number of ether oxygens (including phenoxy) is 6. The van der Waals surface area contributed by atoms with Crippen LogP contribution in [0, 0.1) is 12.7 Å². The van der Waals surface area contributed by atoms with E-state index in [1.54, 1.807) is 58.0 Å². The molecule has 3 aromatic rings. The van der Waals surface area contributed by atoms with Crippen molar-refractivity contribution in [3.05, 3.63) is 65.5 Å². The van der Waals surface area contributed by atoms with E-state index in [1.807, 2.05) is 39.0 Å². The second-order valence-electron chi connectivity index (χ2n) is 12.5. The Labute approximate surface area is 268 Å². The predicted octanol–water partition coefficient (Wildman–Crippen LogP) is 6.02. The molecule has 0 bridgehead atoms. The van der Waals surface area contributed by atoms with E-state index in [2.05, 4.69) is 5.32 Å². The van der Waals surface area contributed by atoms with Gasteiger partial charge in [0.05, 0.1) is 25.1 Å². The number of rotatable bonds is 10. The van der Waals surface area contributed by atoms with Gasteiger partial charge in [-0.05, 0) is 76.9 Å². The lowest BCUT2D eigenvalue weighted by atomic mass is 9.91. The molecular weight excluding hydrogens is 595 g/mol. The minimum absolute atomic E-state index is 0.0553. The first kappa shape index (κ1) is 33.0. The molecule has 0 spiro atoms. The highest BCUT2D eigenvalue weighted by molar-refractivity contribution is 6.08. The number of aryl methyl sites for hydroxylation is 1. The molecule has 1 N–H and O–H groups in total. The molecule has 3 aromatic carbocycles. The van der Waals surface area contributed by atoms with Crippen molar-refractivity contribution in [1.29, 1.82) is 0 Å². The van der Waals surface area contributed by atoms with Gasteiger partial charge in [0.15, 0.2) is 11.9 Å². The first-order valence-electron chi connectivity index (χ1n) is 15.1. The fourth-order valence-electron chi connectivity index (χ4n) is 5.62. The van der Waals surface area contributed by atoms with Crippen LogP contribution in [0.15, 0.2) is 48.5 Å². The highest BCUT2D eigenvalue weighted by atomic mass is 19.1. The van der Waals surface area contributed by atoms with E-state index in [9.17, 15) is 14.0 Å². The molecule has 0 aliphatic carbocycles. The van der Waals surface area contributed by atoms with E-state index in [1.165, 1.54) is 12.1 Å². The van der Waals surface area contributed by atoms with Crippen LogP contribution in [-0.4, -0.2) is 62.8 Å². The van der Waals surface area contributed by atoms with E-state index in [0.717, 1.165) is 22.4 Å². The van der Waals surface area contributed by atoms with Crippen molar-refractivity contribution >= 4 is 23.3 Å². The number of likely N-dealkylation sites (N-methyl/N-ethyl adjacent to an activating group) is 1. The molecule has 2 aliphatic rings. The van der Waals surface area contributed by atoms with Crippen LogP contribution in [0.1, 0.15) is 45.7 Å².